The third-order valence-electron chi connectivity index (χ3n) is 5.73. The van der Waals surface area contributed by atoms with Gasteiger partial charge in [0.15, 0.2) is 0 Å². The molecule has 0 aromatic heterocycles. The van der Waals surface area contributed by atoms with Crippen molar-refractivity contribution in [2.75, 3.05) is 7.05 Å². The maximum absolute atomic E-state index is 6.44. The molecule has 1 aromatic rings. The van der Waals surface area contributed by atoms with Gasteiger partial charge in [-0.2, -0.15) is 0 Å². The first-order valence-electron chi connectivity index (χ1n) is 8.43. The standard InChI is InChI=1S/C19H32N2/c1-5-19(2,3)16-11-12-17(20)18(13-16)21(4)14-15-9-7-6-8-10-15/h6-10,16-18H,5,11-14,20H2,1-4H3. The number of hydrogen-bond acceptors (Lipinski definition) is 2. The van der Waals surface area contributed by atoms with Crippen molar-refractivity contribution < 1.29 is 0 Å². The van der Waals surface area contributed by atoms with Crippen LogP contribution in [0.4, 0.5) is 0 Å². The van der Waals surface area contributed by atoms with Crippen LogP contribution in [0.15, 0.2) is 30.3 Å². The Kier molecular flexibility index (Phi) is 5.45. The van der Waals surface area contributed by atoms with E-state index in [1.54, 1.807) is 0 Å². The molecule has 0 aliphatic heterocycles. The Morgan fingerprint density at radius 3 is 2.48 bits per heavy atom. The molecular formula is C19H32N2. The van der Waals surface area contributed by atoms with E-state index in [0.29, 0.717) is 17.5 Å². The second kappa shape index (κ2) is 6.93. The molecule has 1 aliphatic carbocycles. The summed E-state index contributed by atoms with van der Waals surface area (Å²) in [5.41, 5.74) is 8.25. The summed E-state index contributed by atoms with van der Waals surface area (Å²) < 4.78 is 0. The highest BCUT2D eigenvalue weighted by atomic mass is 15.1. The lowest BCUT2D eigenvalue weighted by Crippen LogP contribution is -2.51. The van der Waals surface area contributed by atoms with Crippen LogP contribution in [0, 0.1) is 11.3 Å². The van der Waals surface area contributed by atoms with Crippen LogP contribution in [0.5, 0.6) is 0 Å². The zero-order chi connectivity index (χ0) is 15.5. The van der Waals surface area contributed by atoms with Gasteiger partial charge in [-0.15, -0.1) is 0 Å². The number of benzene rings is 1. The Hall–Kier alpha value is -0.860. The molecule has 0 spiro atoms. The van der Waals surface area contributed by atoms with Crippen LogP contribution in [0.3, 0.4) is 0 Å². The molecule has 2 N–H and O–H groups in total. The van der Waals surface area contributed by atoms with E-state index in [9.17, 15) is 0 Å². The molecule has 3 atom stereocenters. The molecule has 118 valence electrons. The Morgan fingerprint density at radius 2 is 1.86 bits per heavy atom. The molecule has 2 heteroatoms. The fourth-order valence-electron chi connectivity index (χ4n) is 3.66. The Bertz CT molecular complexity index is 426. The van der Waals surface area contributed by atoms with E-state index in [1.165, 1.54) is 24.8 Å². The summed E-state index contributed by atoms with van der Waals surface area (Å²) in [6, 6.07) is 11.6. The van der Waals surface area contributed by atoms with Crippen molar-refractivity contribution in [1.82, 2.24) is 4.90 Å². The highest BCUT2D eigenvalue weighted by Crippen LogP contribution is 2.41. The van der Waals surface area contributed by atoms with Crippen molar-refractivity contribution in [1.29, 1.82) is 0 Å². The second-order valence-electron chi connectivity index (χ2n) is 7.48. The van der Waals surface area contributed by atoms with Crippen molar-refractivity contribution >= 4 is 0 Å². The summed E-state index contributed by atoms with van der Waals surface area (Å²) >= 11 is 0. The second-order valence-corrected chi connectivity index (χ2v) is 7.48. The average molecular weight is 288 g/mol. The lowest BCUT2D eigenvalue weighted by Gasteiger charge is -2.45. The van der Waals surface area contributed by atoms with Gasteiger partial charge in [-0.3, -0.25) is 4.90 Å². The largest absolute Gasteiger partial charge is 0.326 e. The lowest BCUT2D eigenvalue weighted by atomic mass is 9.67. The van der Waals surface area contributed by atoms with Crippen LogP contribution in [-0.2, 0) is 6.54 Å². The van der Waals surface area contributed by atoms with Gasteiger partial charge in [0.25, 0.3) is 0 Å². The van der Waals surface area contributed by atoms with Gasteiger partial charge in [0.1, 0.15) is 0 Å². The minimum atomic E-state index is 0.322. The molecule has 21 heavy (non-hydrogen) atoms. The highest BCUT2D eigenvalue weighted by molar-refractivity contribution is 5.14. The van der Waals surface area contributed by atoms with Gasteiger partial charge in [0.2, 0.25) is 0 Å². The first-order valence-corrected chi connectivity index (χ1v) is 8.43. The molecule has 0 bridgehead atoms. The van der Waals surface area contributed by atoms with Crippen molar-refractivity contribution in [3.8, 4) is 0 Å². The maximum atomic E-state index is 6.44. The summed E-state index contributed by atoms with van der Waals surface area (Å²) in [6.07, 6.45) is 4.95. The predicted molar refractivity (Wildman–Crippen MR) is 91.1 cm³/mol. The lowest BCUT2D eigenvalue weighted by molar-refractivity contribution is 0.0697. The fourth-order valence-corrected chi connectivity index (χ4v) is 3.66. The minimum absolute atomic E-state index is 0.322. The summed E-state index contributed by atoms with van der Waals surface area (Å²) in [6.45, 7) is 8.15. The van der Waals surface area contributed by atoms with Gasteiger partial charge in [-0.1, -0.05) is 57.5 Å². The van der Waals surface area contributed by atoms with E-state index in [2.05, 4.69) is 63.1 Å². The van der Waals surface area contributed by atoms with Gasteiger partial charge in [0.05, 0.1) is 0 Å². The normalized spacial score (nSPS) is 27.0. The van der Waals surface area contributed by atoms with Crippen molar-refractivity contribution in [3.63, 3.8) is 0 Å². The number of hydrogen-bond donors (Lipinski definition) is 1. The molecule has 1 fully saturated rings. The number of nitrogens with two attached hydrogens (primary N) is 1. The van der Waals surface area contributed by atoms with E-state index < -0.39 is 0 Å². The summed E-state index contributed by atoms with van der Waals surface area (Å²) in [5.74, 6) is 0.797. The monoisotopic (exact) mass is 288 g/mol. The molecular weight excluding hydrogens is 256 g/mol. The molecule has 1 aliphatic rings. The van der Waals surface area contributed by atoms with E-state index >= 15 is 0 Å². The topological polar surface area (TPSA) is 29.3 Å². The van der Waals surface area contributed by atoms with Gasteiger partial charge in [0, 0.05) is 18.6 Å². The molecule has 2 nitrogen and oxygen atoms in total. The average Bonchev–Trinajstić information content (AvgIpc) is 2.48. The van der Waals surface area contributed by atoms with Gasteiger partial charge in [-0.05, 0) is 43.2 Å². The smallest absolute Gasteiger partial charge is 0.0250 e. The molecule has 2 rings (SSSR count). The maximum Gasteiger partial charge on any atom is 0.0250 e. The Labute approximate surface area is 130 Å². The molecule has 3 unspecified atom stereocenters. The van der Waals surface area contributed by atoms with Crippen LogP contribution in [0.1, 0.15) is 52.0 Å². The first-order chi connectivity index (χ1) is 9.94. The molecule has 0 amide bonds. The molecule has 0 heterocycles. The van der Waals surface area contributed by atoms with E-state index in [4.69, 9.17) is 5.73 Å². The number of nitrogens with zero attached hydrogens (tertiary/aromatic N) is 1. The Balaban J connectivity index is 2.02. The SMILES string of the molecule is CCC(C)(C)C1CCC(N)C(N(C)Cc2ccccc2)C1. The first kappa shape index (κ1) is 16.5. The van der Waals surface area contributed by atoms with E-state index in [-0.39, 0.29) is 0 Å². The van der Waals surface area contributed by atoms with E-state index in [1.807, 2.05) is 0 Å². The molecule has 0 radical (unpaired) electrons. The number of rotatable bonds is 5. The van der Waals surface area contributed by atoms with Crippen molar-refractivity contribution in [2.45, 2.75) is 65.1 Å². The predicted octanol–water partition coefficient (Wildman–Crippen LogP) is 4.05. The van der Waals surface area contributed by atoms with Gasteiger partial charge >= 0.3 is 0 Å². The third-order valence-corrected chi connectivity index (χ3v) is 5.73. The Morgan fingerprint density at radius 1 is 1.19 bits per heavy atom. The van der Waals surface area contributed by atoms with Gasteiger partial charge in [-0.25, -0.2) is 0 Å². The minimum Gasteiger partial charge on any atom is -0.326 e. The van der Waals surface area contributed by atoms with Crippen LogP contribution in [-0.4, -0.2) is 24.0 Å². The molecule has 1 saturated carbocycles. The summed E-state index contributed by atoms with van der Waals surface area (Å²) in [4.78, 5) is 2.47. The third kappa shape index (κ3) is 4.08. The summed E-state index contributed by atoms with van der Waals surface area (Å²) in [7, 11) is 2.23. The highest BCUT2D eigenvalue weighted by Gasteiger charge is 2.37. The molecule has 0 saturated heterocycles. The van der Waals surface area contributed by atoms with Gasteiger partial charge < -0.3 is 5.73 Å². The quantitative estimate of drug-likeness (QED) is 0.885. The van der Waals surface area contributed by atoms with E-state index in [0.717, 1.165) is 18.9 Å². The zero-order valence-electron chi connectivity index (χ0n) is 14.2. The van der Waals surface area contributed by atoms with Crippen molar-refractivity contribution in [2.24, 2.45) is 17.1 Å². The number of likely N-dealkylation sites (N-methyl/N-ethyl adjacent to an activating group) is 1. The fraction of sp³-hybridized carbons (Fsp3) is 0.684. The zero-order valence-corrected chi connectivity index (χ0v) is 14.2. The molecule has 1 aromatic carbocycles. The summed E-state index contributed by atoms with van der Waals surface area (Å²) in [5, 5.41) is 0. The van der Waals surface area contributed by atoms with Crippen LogP contribution in [0.25, 0.3) is 0 Å². The van der Waals surface area contributed by atoms with Crippen molar-refractivity contribution in [3.05, 3.63) is 35.9 Å². The van der Waals surface area contributed by atoms with Crippen LogP contribution in [0.2, 0.25) is 0 Å². The van der Waals surface area contributed by atoms with Crippen LogP contribution >= 0.6 is 0 Å². The van der Waals surface area contributed by atoms with Crippen LogP contribution < -0.4 is 5.73 Å².